The third kappa shape index (κ3) is 2.58. The van der Waals surface area contributed by atoms with Crippen LogP contribution >= 0.6 is 23.5 Å². The number of carbonyl (C=O) groups excluding carboxylic acids is 3. The number of benzene rings is 2. The van der Waals surface area contributed by atoms with E-state index < -0.39 is 23.7 Å². The summed E-state index contributed by atoms with van der Waals surface area (Å²) in [5.41, 5.74) is 6.67. The van der Waals surface area contributed by atoms with Gasteiger partial charge in [-0.15, -0.1) is 23.5 Å². The molecule has 0 spiro atoms. The number of amides is 3. The van der Waals surface area contributed by atoms with Crippen molar-refractivity contribution in [2.45, 2.75) is 11.8 Å². The molecule has 32 heavy (non-hydrogen) atoms. The number of imide groups is 1. The Kier molecular flexibility index (Phi) is 4.46. The Balaban J connectivity index is 1.48. The monoisotopic (exact) mass is 459 g/mol. The largest absolute Gasteiger partial charge is 0.291 e. The Bertz CT molecular complexity index is 1230. The summed E-state index contributed by atoms with van der Waals surface area (Å²) in [4.78, 5) is 40.3. The molecule has 1 N–H and O–H groups in total. The first kappa shape index (κ1) is 19.6. The van der Waals surface area contributed by atoms with Crippen LogP contribution in [-0.2, 0) is 14.4 Å². The van der Waals surface area contributed by atoms with Gasteiger partial charge in [-0.25, -0.2) is 0 Å². The van der Waals surface area contributed by atoms with Crippen LogP contribution in [0.3, 0.4) is 0 Å². The van der Waals surface area contributed by atoms with Crippen molar-refractivity contribution in [2.75, 3.05) is 11.5 Å². The maximum absolute atomic E-state index is 13.7. The first-order valence-electron chi connectivity index (χ1n) is 10.4. The van der Waals surface area contributed by atoms with E-state index in [2.05, 4.69) is 5.43 Å². The Hall–Kier alpha value is -3.02. The molecule has 3 amide bonds. The normalized spacial score (nSPS) is 27.2. The molecule has 0 saturated carbocycles. The number of nitriles is 1. The highest BCUT2D eigenvalue weighted by Gasteiger charge is 2.59. The predicted octanol–water partition coefficient (Wildman–Crippen LogP) is 3.12. The van der Waals surface area contributed by atoms with E-state index in [1.165, 1.54) is 23.5 Å². The summed E-state index contributed by atoms with van der Waals surface area (Å²) in [6.45, 7) is 0. The molecule has 6 nitrogen and oxygen atoms in total. The molecule has 2 aromatic carbocycles. The molecule has 2 fully saturated rings. The molecule has 2 bridgehead atoms. The van der Waals surface area contributed by atoms with Crippen molar-refractivity contribution in [3.63, 3.8) is 0 Å². The van der Waals surface area contributed by atoms with Crippen LogP contribution in [0.25, 0.3) is 0 Å². The quantitative estimate of drug-likeness (QED) is 0.521. The van der Waals surface area contributed by atoms with Gasteiger partial charge in [0, 0.05) is 23.3 Å². The van der Waals surface area contributed by atoms with E-state index in [-0.39, 0.29) is 23.3 Å². The molecule has 2 heterocycles. The summed E-state index contributed by atoms with van der Waals surface area (Å²) >= 11 is 2.87. The molecule has 5 aliphatic rings. The number of hydrogen-bond donors (Lipinski definition) is 1. The maximum atomic E-state index is 13.7. The SMILES string of the molecule is N#CC(C(=O)N1NC(=O)C2C3c4ccccc4C(c4ccccc43)C2C1=O)=C1SCCS1. The average Bonchev–Trinajstić information content (AvgIpc) is 3.36. The first-order chi connectivity index (χ1) is 15.6. The van der Waals surface area contributed by atoms with Gasteiger partial charge >= 0.3 is 0 Å². The topological polar surface area (TPSA) is 90.3 Å². The fourth-order valence-electron chi connectivity index (χ4n) is 5.58. The van der Waals surface area contributed by atoms with Crippen molar-refractivity contribution in [3.8, 4) is 6.07 Å². The van der Waals surface area contributed by atoms with Gasteiger partial charge in [0.2, 0.25) is 5.91 Å². The molecule has 2 saturated heterocycles. The van der Waals surface area contributed by atoms with E-state index in [0.717, 1.165) is 38.8 Å². The number of hydrogen-bond acceptors (Lipinski definition) is 6. The van der Waals surface area contributed by atoms with Crippen molar-refractivity contribution in [3.05, 3.63) is 80.6 Å². The maximum Gasteiger partial charge on any atom is 0.291 e. The van der Waals surface area contributed by atoms with Gasteiger partial charge < -0.3 is 0 Å². The fraction of sp³-hybridized carbons (Fsp3) is 0.250. The molecule has 2 atom stereocenters. The van der Waals surface area contributed by atoms with E-state index in [4.69, 9.17) is 0 Å². The van der Waals surface area contributed by atoms with Crippen molar-refractivity contribution < 1.29 is 14.4 Å². The van der Waals surface area contributed by atoms with Gasteiger partial charge in [0.15, 0.2) is 0 Å². The van der Waals surface area contributed by atoms with Crippen molar-refractivity contribution in [1.82, 2.24) is 10.4 Å². The lowest BCUT2D eigenvalue weighted by molar-refractivity contribution is -0.165. The minimum absolute atomic E-state index is 0.0774. The Labute approximate surface area is 193 Å². The molecule has 2 unspecified atom stereocenters. The molecule has 3 aliphatic carbocycles. The predicted molar refractivity (Wildman–Crippen MR) is 121 cm³/mol. The number of thioether (sulfide) groups is 2. The van der Waals surface area contributed by atoms with E-state index >= 15 is 0 Å². The zero-order valence-electron chi connectivity index (χ0n) is 16.8. The minimum Gasteiger partial charge on any atom is -0.273 e. The Morgan fingerprint density at radius 2 is 1.41 bits per heavy atom. The van der Waals surface area contributed by atoms with Crippen LogP contribution in [0.15, 0.2) is 58.3 Å². The third-order valence-electron chi connectivity index (χ3n) is 6.75. The van der Waals surface area contributed by atoms with Crippen LogP contribution in [-0.4, -0.2) is 34.2 Å². The van der Waals surface area contributed by atoms with Gasteiger partial charge in [0.25, 0.3) is 11.8 Å². The van der Waals surface area contributed by atoms with Crippen molar-refractivity contribution >= 4 is 41.2 Å². The summed E-state index contributed by atoms with van der Waals surface area (Å²) in [5, 5.41) is 10.4. The van der Waals surface area contributed by atoms with E-state index in [1.807, 2.05) is 54.6 Å². The van der Waals surface area contributed by atoms with E-state index in [1.54, 1.807) is 0 Å². The summed E-state index contributed by atoms with van der Waals surface area (Å²) in [5.74, 6) is -1.75. The summed E-state index contributed by atoms with van der Waals surface area (Å²) in [7, 11) is 0. The van der Waals surface area contributed by atoms with Gasteiger partial charge in [-0.3, -0.25) is 19.8 Å². The number of carbonyl (C=O) groups is 3. The number of nitrogens with one attached hydrogen (secondary N) is 1. The number of hydrazine groups is 1. The van der Waals surface area contributed by atoms with Crippen LogP contribution in [0.1, 0.15) is 34.1 Å². The van der Waals surface area contributed by atoms with Crippen LogP contribution in [0.2, 0.25) is 0 Å². The lowest BCUT2D eigenvalue weighted by Gasteiger charge is -2.52. The zero-order chi connectivity index (χ0) is 22.0. The first-order valence-corrected chi connectivity index (χ1v) is 12.4. The van der Waals surface area contributed by atoms with Crippen molar-refractivity contribution in [2.24, 2.45) is 11.8 Å². The van der Waals surface area contributed by atoms with Gasteiger partial charge in [-0.2, -0.15) is 10.3 Å². The van der Waals surface area contributed by atoms with Gasteiger partial charge in [0.05, 0.1) is 16.1 Å². The van der Waals surface area contributed by atoms with Crippen LogP contribution in [0.4, 0.5) is 0 Å². The van der Waals surface area contributed by atoms with Gasteiger partial charge in [-0.05, 0) is 22.3 Å². The molecule has 2 aromatic rings. The Morgan fingerprint density at radius 3 is 1.91 bits per heavy atom. The molecular formula is C24H17N3O3S2. The smallest absolute Gasteiger partial charge is 0.273 e. The highest BCUT2D eigenvalue weighted by molar-refractivity contribution is 8.25. The van der Waals surface area contributed by atoms with Crippen molar-refractivity contribution in [1.29, 1.82) is 5.26 Å². The third-order valence-corrected chi connectivity index (χ3v) is 9.46. The molecule has 2 aliphatic heterocycles. The second-order valence-corrected chi connectivity index (χ2v) is 10.7. The van der Waals surface area contributed by atoms with E-state index in [9.17, 15) is 19.6 Å². The highest BCUT2D eigenvalue weighted by Crippen LogP contribution is 2.59. The summed E-state index contributed by atoms with van der Waals surface area (Å²) in [6, 6.07) is 17.8. The molecule has 0 radical (unpaired) electrons. The summed E-state index contributed by atoms with van der Waals surface area (Å²) < 4.78 is 0.613. The molecule has 158 valence electrons. The molecule has 0 aromatic heterocycles. The number of rotatable bonds is 1. The lowest BCUT2D eigenvalue weighted by Crippen LogP contribution is -2.65. The average molecular weight is 460 g/mol. The molecular weight excluding hydrogens is 442 g/mol. The van der Waals surface area contributed by atoms with Crippen LogP contribution in [0, 0.1) is 23.2 Å². The molecule has 7 rings (SSSR count). The zero-order valence-corrected chi connectivity index (χ0v) is 18.4. The van der Waals surface area contributed by atoms with Crippen LogP contribution in [0.5, 0.6) is 0 Å². The summed E-state index contributed by atoms with van der Waals surface area (Å²) in [6.07, 6.45) is 0. The lowest BCUT2D eigenvalue weighted by atomic mass is 9.53. The van der Waals surface area contributed by atoms with E-state index in [0.29, 0.717) is 4.24 Å². The van der Waals surface area contributed by atoms with Gasteiger partial charge in [0.1, 0.15) is 11.6 Å². The van der Waals surface area contributed by atoms with Crippen LogP contribution < -0.4 is 5.43 Å². The number of nitrogens with zero attached hydrogens (tertiary/aromatic N) is 2. The fourth-order valence-corrected chi connectivity index (χ4v) is 8.00. The second-order valence-electron chi connectivity index (χ2n) is 8.19. The van der Waals surface area contributed by atoms with Gasteiger partial charge in [-0.1, -0.05) is 48.5 Å². The highest BCUT2D eigenvalue weighted by atomic mass is 32.2. The Morgan fingerprint density at radius 1 is 0.906 bits per heavy atom. The standard InChI is InChI=1S/C24H17N3O3S2/c25-11-16(24-31-9-10-32-24)22(29)27-23(30)20-18-14-7-3-1-5-12(14)17(19(20)21(28)26-27)13-6-2-4-8-15(13)18/h1-8,17-20H,9-10H2,(H,26,28). The molecule has 8 heteroatoms. The minimum atomic E-state index is -0.746. The second kappa shape index (κ2) is 7.26.